The fourth-order valence-corrected chi connectivity index (χ4v) is 2.92. The minimum absolute atomic E-state index is 0.0263. The number of ether oxygens (including phenoxy) is 1. The molecular formula is C10H17NO2. The monoisotopic (exact) mass is 183 g/mol. The van der Waals surface area contributed by atoms with Gasteiger partial charge in [0.15, 0.2) is 0 Å². The van der Waals surface area contributed by atoms with Crippen LogP contribution >= 0.6 is 0 Å². The summed E-state index contributed by atoms with van der Waals surface area (Å²) < 4.78 is 4.80. The number of fused-ring (bicyclic) bond motifs is 3. The largest absolute Gasteiger partial charge is 0.469 e. The van der Waals surface area contributed by atoms with E-state index in [1.165, 1.54) is 13.5 Å². The summed E-state index contributed by atoms with van der Waals surface area (Å²) in [5, 5.41) is 0. The predicted octanol–water partition coefficient (Wildman–Crippen LogP) is 0.923. The maximum Gasteiger partial charge on any atom is 0.308 e. The molecule has 4 atom stereocenters. The Morgan fingerprint density at radius 2 is 2.00 bits per heavy atom. The Bertz CT molecular complexity index is 217. The molecule has 0 saturated heterocycles. The van der Waals surface area contributed by atoms with Crippen LogP contribution in [0.5, 0.6) is 0 Å². The van der Waals surface area contributed by atoms with E-state index in [1.54, 1.807) is 0 Å². The molecule has 2 bridgehead atoms. The molecule has 0 aromatic heterocycles. The smallest absolute Gasteiger partial charge is 0.308 e. The van der Waals surface area contributed by atoms with Crippen LogP contribution in [0.15, 0.2) is 0 Å². The summed E-state index contributed by atoms with van der Waals surface area (Å²) in [6.07, 6.45) is 4.35. The van der Waals surface area contributed by atoms with E-state index in [0.717, 1.165) is 19.3 Å². The first-order valence-corrected chi connectivity index (χ1v) is 5.05. The van der Waals surface area contributed by atoms with Gasteiger partial charge in [0, 0.05) is 6.04 Å². The normalized spacial score (nSPS) is 43.2. The van der Waals surface area contributed by atoms with Gasteiger partial charge in [-0.2, -0.15) is 0 Å². The first-order chi connectivity index (χ1) is 6.22. The lowest BCUT2D eigenvalue weighted by molar-refractivity contribution is -0.151. The fraction of sp³-hybridized carbons (Fsp3) is 0.900. The van der Waals surface area contributed by atoms with Gasteiger partial charge in [-0.25, -0.2) is 0 Å². The second-order valence-corrected chi connectivity index (χ2v) is 4.36. The molecule has 3 aliphatic carbocycles. The van der Waals surface area contributed by atoms with Crippen molar-refractivity contribution in [3.05, 3.63) is 0 Å². The molecule has 74 valence electrons. The Labute approximate surface area is 78.6 Å². The van der Waals surface area contributed by atoms with Gasteiger partial charge >= 0.3 is 5.97 Å². The molecule has 3 fully saturated rings. The Morgan fingerprint density at radius 3 is 2.46 bits per heavy atom. The van der Waals surface area contributed by atoms with Crippen molar-refractivity contribution in [2.45, 2.75) is 31.7 Å². The van der Waals surface area contributed by atoms with Gasteiger partial charge in [-0.3, -0.25) is 4.79 Å². The Balaban J connectivity index is 2.06. The van der Waals surface area contributed by atoms with Crippen molar-refractivity contribution in [3.63, 3.8) is 0 Å². The molecule has 0 unspecified atom stereocenters. The zero-order valence-corrected chi connectivity index (χ0v) is 8.03. The molecule has 0 aliphatic heterocycles. The van der Waals surface area contributed by atoms with E-state index in [0.29, 0.717) is 17.9 Å². The maximum absolute atomic E-state index is 11.4. The third kappa shape index (κ3) is 1.46. The molecule has 0 heterocycles. The summed E-state index contributed by atoms with van der Waals surface area (Å²) in [7, 11) is 1.48. The Hall–Kier alpha value is -0.570. The van der Waals surface area contributed by atoms with Crippen molar-refractivity contribution in [3.8, 4) is 0 Å². The van der Waals surface area contributed by atoms with Crippen molar-refractivity contribution < 1.29 is 9.53 Å². The molecule has 3 saturated carbocycles. The molecule has 2 N–H and O–H groups in total. The van der Waals surface area contributed by atoms with E-state index in [1.807, 2.05) is 0 Å². The highest BCUT2D eigenvalue weighted by Gasteiger charge is 2.43. The molecule has 3 heteroatoms. The van der Waals surface area contributed by atoms with Gasteiger partial charge in [0.25, 0.3) is 0 Å². The highest BCUT2D eigenvalue weighted by atomic mass is 16.5. The quantitative estimate of drug-likeness (QED) is 0.615. The van der Waals surface area contributed by atoms with Crippen LogP contribution in [0.4, 0.5) is 0 Å². The molecule has 13 heavy (non-hydrogen) atoms. The lowest BCUT2D eigenvalue weighted by atomic mass is 9.62. The number of nitrogens with two attached hydrogens (primary N) is 1. The Kier molecular flexibility index (Phi) is 2.28. The second kappa shape index (κ2) is 3.29. The number of hydrogen-bond acceptors (Lipinski definition) is 3. The molecule has 0 aromatic carbocycles. The summed E-state index contributed by atoms with van der Waals surface area (Å²) in [4.78, 5) is 11.4. The third-order valence-electron chi connectivity index (χ3n) is 3.72. The number of methoxy groups -OCH3 is 1. The zero-order valence-electron chi connectivity index (χ0n) is 8.03. The zero-order chi connectivity index (χ0) is 9.42. The molecule has 3 rings (SSSR count). The highest BCUT2D eigenvalue weighted by molar-refractivity contribution is 5.73. The van der Waals surface area contributed by atoms with Crippen molar-refractivity contribution in [1.29, 1.82) is 0 Å². The summed E-state index contributed by atoms with van der Waals surface area (Å²) in [5.41, 5.74) is 5.97. The Morgan fingerprint density at radius 1 is 1.31 bits per heavy atom. The topological polar surface area (TPSA) is 52.3 Å². The van der Waals surface area contributed by atoms with Crippen molar-refractivity contribution in [2.24, 2.45) is 23.5 Å². The average Bonchev–Trinajstić information content (AvgIpc) is 2.17. The number of hydrogen-bond donors (Lipinski definition) is 1. The van der Waals surface area contributed by atoms with Crippen LogP contribution in [0.3, 0.4) is 0 Å². The molecule has 0 amide bonds. The van der Waals surface area contributed by atoms with E-state index in [4.69, 9.17) is 10.5 Å². The van der Waals surface area contributed by atoms with Crippen LogP contribution in [-0.2, 0) is 9.53 Å². The van der Waals surface area contributed by atoms with Gasteiger partial charge in [0.2, 0.25) is 0 Å². The van der Waals surface area contributed by atoms with E-state index < -0.39 is 0 Å². The van der Waals surface area contributed by atoms with Gasteiger partial charge in [-0.1, -0.05) is 0 Å². The van der Waals surface area contributed by atoms with Gasteiger partial charge in [0.1, 0.15) is 0 Å². The molecule has 0 radical (unpaired) electrons. The van der Waals surface area contributed by atoms with Gasteiger partial charge < -0.3 is 10.5 Å². The first-order valence-electron chi connectivity index (χ1n) is 5.05. The summed E-state index contributed by atoms with van der Waals surface area (Å²) in [6.45, 7) is 0. The average molecular weight is 183 g/mol. The summed E-state index contributed by atoms with van der Waals surface area (Å²) in [6, 6.07) is 0.333. The molecule has 3 nitrogen and oxygen atoms in total. The number of carbonyl (C=O) groups excluding carboxylic acids is 1. The molecule has 0 spiro atoms. The predicted molar refractivity (Wildman–Crippen MR) is 48.9 cm³/mol. The lowest BCUT2D eigenvalue weighted by Gasteiger charge is -2.44. The minimum Gasteiger partial charge on any atom is -0.469 e. The van der Waals surface area contributed by atoms with Crippen LogP contribution in [-0.4, -0.2) is 19.1 Å². The standard InChI is InChI=1S/C10H17NO2/c1-13-10(12)8-4-7-3-2-6(8)5-9(7)11/h6-9H,2-5,11H2,1H3/t6-,7+,8+,9+/m1/s1. The van der Waals surface area contributed by atoms with Gasteiger partial charge in [0.05, 0.1) is 13.0 Å². The van der Waals surface area contributed by atoms with Crippen molar-refractivity contribution >= 4 is 5.97 Å². The van der Waals surface area contributed by atoms with E-state index in [-0.39, 0.29) is 11.9 Å². The molecule has 3 aliphatic rings. The third-order valence-corrected chi connectivity index (χ3v) is 3.72. The van der Waals surface area contributed by atoms with E-state index >= 15 is 0 Å². The number of esters is 1. The SMILES string of the molecule is COC(=O)[C@H]1C[C@@H]2CC[C@@H]1C[C@@H]2N. The highest BCUT2D eigenvalue weighted by Crippen LogP contribution is 2.44. The number of carbonyl (C=O) groups is 1. The first kappa shape index (κ1) is 9.00. The maximum atomic E-state index is 11.4. The lowest BCUT2D eigenvalue weighted by Crippen LogP contribution is -2.47. The van der Waals surface area contributed by atoms with Crippen molar-refractivity contribution in [2.75, 3.05) is 7.11 Å². The minimum atomic E-state index is -0.0263. The fourth-order valence-electron chi connectivity index (χ4n) is 2.92. The second-order valence-electron chi connectivity index (χ2n) is 4.36. The van der Waals surface area contributed by atoms with Gasteiger partial charge in [-0.15, -0.1) is 0 Å². The van der Waals surface area contributed by atoms with Crippen LogP contribution in [0.2, 0.25) is 0 Å². The van der Waals surface area contributed by atoms with E-state index in [2.05, 4.69) is 0 Å². The van der Waals surface area contributed by atoms with Crippen LogP contribution in [0.1, 0.15) is 25.7 Å². The van der Waals surface area contributed by atoms with Crippen molar-refractivity contribution in [1.82, 2.24) is 0 Å². The van der Waals surface area contributed by atoms with Crippen LogP contribution in [0, 0.1) is 17.8 Å². The molecular weight excluding hydrogens is 166 g/mol. The summed E-state index contributed by atoms with van der Waals surface area (Å²) >= 11 is 0. The van der Waals surface area contributed by atoms with Crippen LogP contribution < -0.4 is 5.73 Å². The van der Waals surface area contributed by atoms with Gasteiger partial charge in [-0.05, 0) is 37.5 Å². The summed E-state index contributed by atoms with van der Waals surface area (Å²) in [5.74, 6) is 1.17. The molecule has 0 aromatic rings. The number of rotatable bonds is 1. The van der Waals surface area contributed by atoms with E-state index in [9.17, 15) is 4.79 Å². The van der Waals surface area contributed by atoms with Crippen LogP contribution in [0.25, 0.3) is 0 Å².